The first-order valence-electron chi connectivity index (χ1n) is 11.9. The van der Waals surface area contributed by atoms with Crippen molar-refractivity contribution in [3.05, 3.63) is 69.7 Å². The number of piperidine rings is 1. The van der Waals surface area contributed by atoms with E-state index in [2.05, 4.69) is 10.0 Å². The highest BCUT2D eigenvalue weighted by Gasteiger charge is 2.58. The molecule has 1 amide bonds. The Bertz CT molecular complexity index is 1270. The van der Waals surface area contributed by atoms with Gasteiger partial charge in [-0.15, -0.1) is 0 Å². The van der Waals surface area contributed by atoms with Crippen molar-refractivity contribution in [3.8, 4) is 0 Å². The van der Waals surface area contributed by atoms with Crippen LogP contribution in [0.2, 0.25) is 10.0 Å². The minimum absolute atomic E-state index is 0.120. The Labute approximate surface area is 221 Å². The van der Waals surface area contributed by atoms with Gasteiger partial charge in [0.05, 0.1) is 11.8 Å². The molecule has 4 rings (SSSR count). The zero-order chi connectivity index (χ0) is 26.3. The van der Waals surface area contributed by atoms with Crippen LogP contribution in [0.1, 0.15) is 56.1 Å². The Morgan fingerprint density at radius 3 is 2.39 bits per heavy atom. The number of halogens is 2. The van der Waals surface area contributed by atoms with Crippen molar-refractivity contribution >= 4 is 45.1 Å². The molecule has 4 atom stereocenters. The zero-order valence-electron chi connectivity index (χ0n) is 20.1. The van der Waals surface area contributed by atoms with Gasteiger partial charge in [0.25, 0.3) is 0 Å². The van der Waals surface area contributed by atoms with Gasteiger partial charge in [0.1, 0.15) is 4.75 Å². The van der Waals surface area contributed by atoms with Gasteiger partial charge in [-0.2, -0.15) is 0 Å². The summed E-state index contributed by atoms with van der Waals surface area (Å²) in [6, 6.07) is 13.5. The molecule has 2 aromatic carbocycles. The lowest BCUT2D eigenvalue weighted by Crippen LogP contribution is -2.57. The molecule has 0 bridgehead atoms. The van der Waals surface area contributed by atoms with Crippen molar-refractivity contribution in [3.63, 3.8) is 0 Å². The lowest BCUT2D eigenvalue weighted by Gasteiger charge is -2.46. The van der Waals surface area contributed by atoms with Crippen LogP contribution < -0.4 is 10.0 Å². The fourth-order valence-corrected chi connectivity index (χ4v) is 7.93. The SMILES string of the molecule is CNS(=O)(=O)[C@](C[C@@H]1NC(=O)[C@](C)(CC(=O)O)C[C@@H]1c1cccc(Cl)c1)(c1ccc(Cl)cc1)C1CC1. The Kier molecular flexibility index (Phi) is 7.45. The fourth-order valence-electron chi connectivity index (χ4n) is 5.73. The molecule has 0 unspecified atom stereocenters. The molecule has 3 N–H and O–H groups in total. The van der Waals surface area contributed by atoms with E-state index in [4.69, 9.17) is 23.2 Å². The van der Waals surface area contributed by atoms with Crippen LogP contribution in [0.15, 0.2) is 48.5 Å². The number of carbonyl (C=O) groups is 2. The van der Waals surface area contributed by atoms with Gasteiger partial charge < -0.3 is 10.4 Å². The Balaban J connectivity index is 1.84. The number of carboxylic acid groups (broad SMARTS) is 1. The van der Waals surface area contributed by atoms with E-state index >= 15 is 0 Å². The summed E-state index contributed by atoms with van der Waals surface area (Å²) < 4.78 is 28.8. The van der Waals surface area contributed by atoms with E-state index in [-0.39, 0.29) is 31.1 Å². The second-order valence-corrected chi connectivity index (χ2v) is 13.2. The van der Waals surface area contributed by atoms with Crippen LogP contribution in [0.25, 0.3) is 0 Å². The van der Waals surface area contributed by atoms with Gasteiger partial charge in [0.2, 0.25) is 15.9 Å². The number of amides is 1. The van der Waals surface area contributed by atoms with E-state index in [0.29, 0.717) is 15.6 Å². The van der Waals surface area contributed by atoms with Crippen molar-refractivity contribution in [1.29, 1.82) is 0 Å². The Morgan fingerprint density at radius 2 is 1.83 bits per heavy atom. The van der Waals surface area contributed by atoms with Crippen LogP contribution in [0.3, 0.4) is 0 Å². The van der Waals surface area contributed by atoms with Gasteiger partial charge in [0, 0.05) is 22.0 Å². The molecule has 1 saturated carbocycles. The average molecular weight is 554 g/mol. The number of benzene rings is 2. The number of carbonyl (C=O) groups excluding carboxylic acids is 1. The number of carboxylic acids is 1. The molecule has 0 spiro atoms. The lowest BCUT2D eigenvalue weighted by molar-refractivity contribution is -0.147. The van der Waals surface area contributed by atoms with E-state index in [1.807, 2.05) is 6.07 Å². The van der Waals surface area contributed by atoms with Crippen LogP contribution in [0.4, 0.5) is 0 Å². The number of aliphatic carboxylic acids is 1. The highest BCUT2D eigenvalue weighted by Crippen LogP contribution is 2.55. The third-order valence-corrected chi connectivity index (χ3v) is 10.4. The number of hydrogen-bond donors (Lipinski definition) is 3. The highest BCUT2D eigenvalue weighted by atomic mass is 35.5. The third-order valence-electron chi connectivity index (χ3n) is 7.68. The summed E-state index contributed by atoms with van der Waals surface area (Å²) in [5.74, 6) is -1.94. The standard InChI is InChI=1S/C26H30Cl2N2O5S/c1-25(15-23(31)32)13-21(16-4-3-5-20(28)12-16)22(30-24(25)33)14-26(17-6-7-17,36(34,35)29-2)18-8-10-19(27)11-9-18/h3-5,8-12,17,21-22,29H,6-7,13-15H2,1-2H3,(H,30,33)(H,31,32)/t21-,22+,25+,26+/m1/s1. The number of nitrogens with one attached hydrogen (secondary N) is 2. The van der Waals surface area contributed by atoms with Crippen molar-refractivity contribution in [2.24, 2.45) is 11.3 Å². The topological polar surface area (TPSA) is 113 Å². The summed E-state index contributed by atoms with van der Waals surface area (Å²) in [6.45, 7) is 1.64. The maximum atomic E-state index is 13.8. The molecule has 1 saturated heterocycles. The first kappa shape index (κ1) is 26.9. The second-order valence-electron chi connectivity index (χ2n) is 10.2. The first-order chi connectivity index (χ1) is 16.9. The predicted octanol–water partition coefficient (Wildman–Crippen LogP) is 4.69. The van der Waals surface area contributed by atoms with Crippen molar-refractivity contribution in [2.75, 3.05) is 7.05 Å². The molecule has 194 valence electrons. The molecule has 7 nitrogen and oxygen atoms in total. The van der Waals surface area contributed by atoms with E-state index < -0.39 is 38.1 Å². The fraction of sp³-hybridized carbons (Fsp3) is 0.462. The molecule has 10 heteroatoms. The van der Waals surface area contributed by atoms with E-state index in [0.717, 1.165) is 18.4 Å². The maximum absolute atomic E-state index is 13.8. The average Bonchev–Trinajstić information content (AvgIpc) is 3.65. The molecule has 2 aliphatic rings. The summed E-state index contributed by atoms with van der Waals surface area (Å²) in [4.78, 5) is 24.9. The molecule has 0 aromatic heterocycles. The summed E-state index contributed by atoms with van der Waals surface area (Å²) in [6.07, 6.45) is 1.51. The molecule has 36 heavy (non-hydrogen) atoms. The lowest BCUT2D eigenvalue weighted by atomic mass is 9.67. The molecule has 1 aliphatic carbocycles. The molecular formula is C26H30Cl2N2O5S. The van der Waals surface area contributed by atoms with Crippen LogP contribution in [-0.4, -0.2) is 38.5 Å². The van der Waals surface area contributed by atoms with Gasteiger partial charge in [-0.25, -0.2) is 13.1 Å². The number of sulfonamides is 1. The third kappa shape index (κ3) is 5.01. The second kappa shape index (κ2) is 9.97. The molecular weight excluding hydrogens is 523 g/mol. The first-order valence-corrected chi connectivity index (χ1v) is 14.1. The Morgan fingerprint density at radius 1 is 1.17 bits per heavy atom. The van der Waals surface area contributed by atoms with Crippen LogP contribution >= 0.6 is 23.2 Å². The minimum Gasteiger partial charge on any atom is -0.481 e. The van der Waals surface area contributed by atoms with Crippen molar-refractivity contribution < 1.29 is 23.1 Å². The Hall–Kier alpha value is -2.13. The van der Waals surface area contributed by atoms with Gasteiger partial charge in [-0.3, -0.25) is 9.59 Å². The summed E-state index contributed by atoms with van der Waals surface area (Å²) in [5.41, 5.74) is 0.285. The maximum Gasteiger partial charge on any atom is 0.304 e. The largest absolute Gasteiger partial charge is 0.481 e. The monoisotopic (exact) mass is 552 g/mol. The van der Waals surface area contributed by atoms with Crippen LogP contribution in [-0.2, 0) is 24.4 Å². The molecule has 0 radical (unpaired) electrons. The minimum atomic E-state index is -3.87. The van der Waals surface area contributed by atoms with Gasteiger partial charge >= 0.3 is 5.97 Å². The smallest absolute Gasteiger partial charge is 0.304 e. The predicted molar refractivity (Wildman–Crippen MR) is 140 cm³/mol. The quantitative estimate of drug-likeness (QED) is 0.417. The highest BCUT2D eigenvalue weighted by molar-refractivity contribution is 7.90. The van der Waals surface area contributed by atoms with Crippen LogP contribution in [0.5, 0.6) is 0 Å². The summed E-state index contributed by atoms with van der Waals surface area (Å²) in [7, 11) is -2.46. The van der Waals surface area contributed by atoms with Gasteiger partial charge in [0.15, 0.2) is 0 Å². The molecule has 1 heterocycles. The van der Waals surface area contributed by atoms with Crippen LogP contribution in [0, 0.1) is 11.3 Å². The van der Waals surface area contributed by atoms with Gasteiger partial charge in [-0.1, -0.05) is 54.4 Å². The van der Waals surface area contributed by atoms with Crippen molar-refractivity contribution in [2.45, 2.75) is 55.7 Å². The normalized spacial score (nSPS) is 26.2. The number of rotatable bonds is 9. The summed E-state index contributed by atoms with van der Waals surface area (Å²) >= 11 is 12.4. The molecule has 1 aliphatic heterocycles. The van der Waals surface area contributed by atoms with Crippen molar-refractivity contribution in [1.82, 2.24) is 10.0 Å². The van der Waals surface area contributed by atoms with E-state index in [1.54, 1.807) is 49.4 Å². The molecule has 2 aromatic rings. The summed E-state index contributed by atoms with van der Waals surface area (Å²) in [5, 5.41) is 13.5. The van der Waals surface area contributed by atoms with E-state index in [1.165, 1.54) is 7.05 Å². The van der Waals surface area contributed by atoms with E-state index in [9.17, 15) is 23.1 Å². The zero-order valence-corrected chi connectivity index (χ0v) is 22.5. The number of hydrogen-bond acceptors (Lipinski definition) is 4. The molecule has 2 fully saturated rings. The van der Waals surface area contributed by atoms with Gasteiger partial charge in [-0.05, 0) is 74.0 Å².